The third kappa shape index (κ3) is 4.22. The zero-order valence-corrected chi connectivity index (χ0v) is 15.9. The number of hydrogen-bond donors (Lipinski definition) is 1. The standard InChI is InChI=1S/C22H33N3O/c26-22(21-17-18-8-9-19(21)16-18)23-10-4-5-11-24-12-14-25(15-13-24)20-6-2-1-3-7-20/h1-3,6-7,18-19,21H,4-5,8-17H2,(H,23,26)/t18-,19-,21-/m0/s1. The van der Waals surface area contributed by atoms with Gasteiger partial charge in [-0.1, -0.05) is 24.6 Å². The van der Waals surface area contributed by atoms with Crippen LogP contribution in [0.15, 0.2) is 30.3 Å². The molecule has 0 radical (unpaired) electrons. The molecule has 2 aliphatic carbocycles. The SMILES string of the molecule is O=C(NCCCCN1CCN(c2ccccc2)CC1)[C@H]1C[C@H]2CC[C@H]1C2. The van der Waals surface area contributed by atoms with Crippen LogP contribution in [-0.4, -0.2) is 50.1 Å². The van der Waals surface area contributed by atoms with E-state index < -0.39 is 0 Å². The molecule has 3 aliphatic rings. The summed E-state index contributed by atoms with van der Waals surface area (Å²) in [5, 5.41) is 3.21. The Kier molecular flexibility index (Phi) is 5.78. The minimum Gasteiger partial charge on any atom is -0.369 e. The maximum atomic E-state index is 12.3. The fraction of sp³-hybridized carbons (Fsp3) is 0.682. The minimum atomic E-state index is 0.333. The summed E-state index contributed by atoms with van der Waals surface area (Å²) in [6.45, 7) is 6.54. The van der Waals surface area contributed by atoms with Gasteiger partial charge in [-0.2, -0.15) is 0 Å². The Balaban J connectivity index is 1.08. The van der Waals surface area contributed by atoms with Crippen LogP contribution in [0.3, 0.4) is 0 Å². The van der Waals surface area contributed by atoms with E-state index in [4.69, 9.17) is 0 Å². The number of nitrogens with zero attached hydrogens (tertiary/aromatic N) is 2. The average molecular weight is 356 g/mol. The van der Waals surface area contributed by atoms with Crippen molar-refractivity contribution in [2.75, 3.05) is 44.2 Å². The number of unbranched alkanes of at least 4 members (excludes halogenated alkanes) is 1. The molecule has 0 aromatic heterocycles. The van der Waals surface area contributed by atoms with Gasteiger partial charge < -0.3 is 10.2 Å². The van der Waals surface area contributed by atoms with Crippen molar-refractivity contribution in [1.82, 2.24) is 10.2 Å². The summed E-state index contributed by atoms with van der Waals surface area (Å²) in [5.74, 6) is 2.22. The van der Waals surface area contributed by atoms with E-state index in [-0.39, 0.29) is 0 Å². The highest BCUT2D eigenvalue weighted by molar-refractivity contribution is 5.79. The van der Waals surface area contributed by atoms with Crippen LogP contribution < -0.4 is 10.2 Å². The molecular weight excluding hydrogens is 322 g/mol. The monoisotopic (exact) mass is 355 g/mol. The predicted octanol–water partition coefficient (Wildman–Crippen LogP) is 3.14. The van der Waals surface area contributed by atoms with Gasteiger partial charge in [0.05, 0.1) is 0 Å². The molecule has 4 heteroatoms. The van der Waals surface area contributed by atoms with Crippen molar-refractivity contribution in [2.45, 2.75) is 38.5 Å². The molecule has 3 fully saturated rings. The molecular formula is C22H33N3O. The number of nitrogens with one attached hydrogen (secondary N) is 1. The number of benzene rings is 1. The smallest absolute Gasteiger partial charge is 0.223 e. The normalized spacial score (nSPS) is 28.5. The fourth-order valence-electron chi connectivity index (χ4n) is 5.24. The summed E-state index contributed by atoms with van der Waals surface area (Å²) in [6, 6.07) is 10.7. The predicted molar refractivity (Wildman–Crippen MR) is 106 cm³/mol. The van der Waals surface area contributed by atoms with Crippen molar-refractivity contribution in [2.24, 2.45) is 17.8 Å². The molecule has 2 bridgehead atoms. The first-order chi connectivity index (χ1) is 12.8. The molecule has 142 valence electrons. The lowest BCUT2D eigenvalue weighted by molar-refractivity contribution is -0.126. The highest BCUT2D eigenvalue weighted by Gasteiger charge is 2.42. The van der Waals surface area contributed by atoms with Gasteiger partial charge in [0, 0.05) is 44.3 Å². The maximum absolute atomic E-state index is 12.3. The van der Waals surface area contributed by atoms with E-state index in [1.54, 1.807) is 0 Å². The van der Waals surface area contributed by atoms with Gasteiger partial charge in [-0.05, 0) is 62.6 Å². The lowest BCUT2D eigenvalue weighted by Crippen LogP contribution is -2.46. The second kappa shape index (κ2) is 8.43. The average Bonchev–Trinajstić information content (AvgIpc) is 3.32. The van der Waals surface area contributed by atoms with Crippen molar-refractivity contribution in [3.05, 3.63) is 30.3 Å². The Morgan fingerprint density at radius 2 is 1.81 bits per heavy atom. The van der Waals surface area contributed by atoms with E-state index in [0.717, 1.165) is 58.0 Å². The number of hydrogen-bond acceptors (Lipinski definition) is 3. The van der Waals surface area contributed by atoms with Crippen LogP contribution in [0.5, 0.6) is 0 Å². The molecule has 1 aromatic carbocycles. The Labute approximate surface area is 157 Å². The number of para-hydroxylation sites is 1. The van der Waals surface area contributed by atoms with Gasteiger partial charge in [0.15, 0.2) is 0 Å². The largest absolute Gasteiger partial charge is 0.369 e. The Morgan fingerprint density at radius 3 is 2.50 bits per heavy atom. The van der Waals surface area contributed by atoms with Crippen molar-refractivity contribution in [3.8, 4) is 0 Å². The molecule has 4 rings (SSSR count). The van der Waals surface area contributed by atoms with Crippen LogP contribution in [-0.2, 0) is 4.79 Å². The lowest BCUT2D eigenvalue weighted by Gasteiger charge is -2.36. The Hall–Kier alpha value is -1.55. The molecule has 0 spiro atoms. The summed E-state index contributed by atoms with van der Waals surface area (Å²) in [6.07, 6.45) is 7.41. The molecule has 1 aliphatic heterocycles. The number of anilines is 1. The second-order valence-electron chi connectivity index (χ2n) is 8.44. The highest BCUT2D eigenvalue weighted by atomic mass is 16.1. The summed E-state index contributed by atoms with van der Waals surface area (Å²) < 4.78 is 0. The molecule has 26 heavy (non-hydrogen) atoms. The number of carbonyl (C=O) groups is 1. The first kappa shape index (κ1) is 17.8. The number of carbonyl (C=O) groups excluding carboxylic acids is 1. The van der Waals surface area contributed by atoms with Gasteiger partial charge in [-0.3, -0.25) is 9.69 Å². The first-order valence-corrected chi connectivity index (χ1v) is 10.6. The maximum Gasteiger partial charge on any atom is 0.223 e. The van der Waals surface area contributed by atoms with Crippen LogP contribution in [0.1, 0.15) is 38.5 Å². The van der Waals surface area contributed by atoms with E-state index in [1.807, 2.05) is 0 Å². The summed E-state index contributed by atoms with van der Waals surface area (Å²) in [4.78, 5) is 17.4. The number of amides is 1. The molecule has 1 saturated heterocycles. The second-order valence-corrected chi connectivity index (χ2v) is 8.44. The van der Waals surface area contributed by atoms with Gasteiger partial charge >= 0.3 is 0 Å². The zero-order chi connectivity index (χ0) is 17.8. The molecule has 0 unspecified atom stereocenters. The zero-order valence-electron chi connectivity index (χ0n) is 15.9. The third-order valence-corrected chi connectivity index (χ3v) is 6.77. The molecule has 2 saturated carbocycles. The van der Waals surface area contributed by atoms with E-state index in [1.165, 1.54) is 31.4 Å². The third-order valence-electron chi connectivity index (χ3n) is 6.77. The molecule has 1 amide bonds. The van der Waals surface area contributed by atoms with E-state index in [2.05, 4.69) is 45.4 Å². The molecule has 1 aromatic rings. The molecule has 1 N–H and O–H groups in total. The molecule has 4 nitrogen and oxygen atoms in total. The topological polar surface area (TPSA) is 35.6 Å². The number of fused-ring (bicyclic) bond motifs is 2. The van der Waals surface area contributed by atoms with Gasteiger partial charge in [-0.15, -0.1) is 0 Å². The summed E-state index contributed by atoms with van der Waals surface area (Å²) in [7, 11) is 0. The molecule has 1 heterocycles. The quantitative estimate of drug-likeness (QED) is 0.763. The highest BCUT2D eigenvalue weighted by Crippen LogP contribution is 2.48. The summed E-state index contributed by atoms with van der Waals surface area (Å²) >= 11 is 0. The Bertz CT molecular complexity index is 582. The van der Waals surface area contributed by atoms with Crippen LogP contribution in [0.2, 0.25) is 0 Å². The van der Waals surface area contributed by atoms with Crippen molar-refractivity contribution in [1.29, 1.82) is 0 Å². The van der Waals surface area contributed by atoms with Crippen molar-refractivity contribution >= 4 is 11.6 Å². The molecule has 3 atom stereocenters. The lowest BCUT2D eigenvalue weighted by atomic mass is 9.88. The van der Waals surface area contributed by atoms with Crippen LogP contribution in [0.4, 0.5) is 5.69 Å². The van der Waals surface area contributed by atoms with Crippen molar-refractivity contribution in [3.63, 3.8) is 0 Å². The van der Waals surface area contributed by atoms with E-state index in [0.29, 0.717) is 17.7 Å². The van der Waals surface area contributed by atoms with E-state index in [9.17, 15) is 4.79 Å². The van der Waals surface area contributed by atoms with Crippen molar-refractivity contribution < 1.29 is 4.79 Å². The summed E-state index contributed by atoms with van der Waals surface area (Å²) in [5.41, 5.74) is 1.34. The number of rotatable bonds is 7. The van der Waals surface area contributed by atoms with Crippen LogP contribution in [0.25, 0.3) is 0 Å². The van der Waals surface area contributed by atoms with Gasteiger partial charge in [0.1, 0.15) is 0 Å². The van der Waals surface area contributed by atoms with Crippen LogP contribution in [0, 0.1) is 17.8 Å². The van der Waals surface area contributed by atoms with Gasteiger partial charge in [0.2, 0.25) is 5.91 Å². The van der Waals surface area contributed by atoms with Crippen LogP contribution >= 0.6 is 0 Å². The van der Waals surface area contributed by atoms with Gasteiger partial charge in [-0.25, -0.2) is 0 Å². The number of piperazine rings is 1. The fourth-order valence-corrected chi connectivity index (χ4v) is 5.24. The van der Waals surface area contributed by atoms with E-state index >= 15 is 0 Å². The minimum absolute atomic E-state index is 0.333. The van der Waals surface area contributed by atoms with Gasteiger partial charge in [0.25, 0.3) is 0 Å². The first-order valence-electron chi connectivity index (χ1n) is 10.6. The Morgan fingerprint density at radius 1 is 1.00 bits per heavy atom.